The van der Waals surface area contributed by atoms with Crippen LogP contribution in [-0.2, 0) is 19.7 Å². The highest BCUT2D eigenvalue weighted by Gasteiger charge is 2.05. The highest BCUT2D eigenvalue weighted by molar-refractivity contribution is 9.13. The maximum atomic E-state index is 9.05. The summed E-state index contributed by atoms with van der Waals surface area (Å²) in [6, 6.07) is 9.80. The van der Waals surface area contributed by atoms with Crippen molar-refractivity contribution in [1.29, 1.82) is 0 Å². The van der Waals surface area contributed by atoms with Crippen molar-refractivity contribution in [2.45, 2.75) is 19.7 Å². The lowest BCUT2D eigenvalue weighted by molar-refractivity contribution is 0.281. The van der Waals surface area contributed by atoms with Crippen LogP contribution in [0.1, 0.15) is 16.9 Å². The monoisotopic (exact) mass is 373 g/mol. The smallest absolute Gasteiger partial charge is 0.183 e. The summed E-state index contributed by atoms with van der Waals surface area (Å²) in [6.07, 6.45) is 0. The molecule has 3 nitrogen and oxygen atoms in total. The van der Waals surface area contributed by atoms with Gasteiger partial charge in [-0.05, 0) is 49.1 Å². The van der Waals surface area contributed by atoms with Gasteiger partial charge in [0.25, 0.3) is 0 Å². The largest absolute Gasteiger partial charge is 0.452 e. The number of hydrogen-bond donors (Lipinski definition) is 2. The second-order valence-corrected chi connectivity index (χ2v) is 5.49. The maximum absolute atomic E-state index is 9.05. The van der Waals surface area contributed by atoms with Gasteiger partial charge in [0.1, 0.15) is 5.76 Å². The van der Waals surface area contributed by atoms with Crippen molar-refractivity contribution in [3.05, 3.63) is 56.4 Å². The molecule has 1 aromatic carbocycles. The Balaban J connectivity index is 1.88. The lowest BCUT2D eigenvalue weighted by atomic mass is 10.1. The number of furan rings is 1. The average Bonchev–Trinajstić information content (AvgIpc) is 2.69. The van der Waals surface area contributed by atoms with Crippen LogP contribution in [0, 0.1) is 0 Å². The zero-order valence-electron chi connectivity index (χ0n) is 9.62. The van der Waals surface area contributed by atoms with Gasteiger partial charge in [-0.2, -0.15) is 0 Å². The number of halogens is 2. The minimum atomic E-state index is 0.0753. The molecule has 2 N–H and O–H groups in total. The van der Waals surface area contributed by atoms with E-state index in [9.17, 15) is 0 Å². The molecule has 2 rings (SSSR count). The zero-order chi connectivity index (χ0) is 13.0. The van der Waals surface area contributed by atoms with Gasteiger partial charge in [0.2, 0.25) is 0 Å². The summed E-state index contributed by atoms with van der Waals surface area (Å²) in [5.41, 5.74) is 2.07. The van der Waals surface area contributed by atoms with Crippen molar-refractivity contribution in [3.63, 3.8) is 0 Å². The second kappa shape index (κ2) is 6.52. The Bertz CT molecular complexity index is 506. The summed E-state index contributed by atoms with van der Waals surface area (Å²) in [4.78, 5) is 0. The topological polar surface area (TPSA) is 45.4 Å². The summed E-state index contributed by atoms with van der Waals surface area (Å²) in [6.45, 7) is 1.48. The summed E-state index contributed by atoms with van der Waals surface area (Å²) < 4.78 is 7.09. The lowest BCUT2D eigenvalue weighted by Crippen LogP contribution is -2.12. The quantitative estimate of drug-likeness (QED) is 0.840. The molecule has 5 heteroatoms. The lowest BCUT2D eigenvalue weighted by Gasteiger charge is -2.04. The molecule has 1 aromatic heterocycles. The fourth-order valence-corrected chi connectivity index (χ4v) is 2.31. The highest BCUT2D eigenvalue weighted by atomic mass is 79.9. The third kappa shape index (κ3) is 3.68. The Morgan fingerprint density at radius 1 is 1.11 bits per heavy atom. The fraction of sp³-hybridized carbons (Fsp3) is 0.231. The zero-order valence-corrected chi connectivity index (χ0v) is 12.8. The van der Waals surface area contributed by atoms with Crippen molar-refractivity contribution in [3.8, 4) is 0 Å². The molecular weight excluding hydrogens is 362 g/mol. The molecule has 0 fully saturated rings. The van der Waals surface area contributed by atoms with Crippen LogP contribution in [0.3, 0.4) is 0 Å². The van der Waals surface area contributed by atoms with E-state index in [4.69, 9.17) is 9.52 Å². The van der Waals surface area contributed by atoms with E-state index in [-0.39, 0.29) is 6.61 Å². The first-order chi connectivity index (χ1) is 8.69. The van der Waals surface area contributed by atoms with Crippen LogP contribution in [0.4, 0.5) is 0 Å². The molecule has 0 aliphatic rings. The molecule has 0 atom stereocenters. The highest BCUT2D eigenvalue weighted by Crippen LogP contribution is 2.26. The number of hydrogen-bond acceptors (Lipinski definition) is 3. The molecule has 0 spiro atoms. The van der Waals surface area contributed by atoms with Gasteiger partial charge in [-0.1, -0.05) is 24.3 Å². The van der Waals surface area contributed by atoms with E-state index in [1.54, 1.807) is 0 Å². The van der Waals surface area contributed by atoms with Crippen molar-refractivity contribution in [1.82, 2.24) is 5.32 Å². The molecule has 0 radical (unpaired) electrons. The van der Waals surface area contributed by atoms with Gasteiger partial charge >= 0.3 is 0 Å². The minimum absolute atomic E-state index is 0.0753. The molecule has 1 heterocycles. The molecule has 0 amide bonds. The third-order valence-corrected chi connectivity index (χ3v) is 4.21. The summed E-state index contributed by atoms with van der Waals surface area (Å²) in [5.74, 6) is 0.868. The molecule has 96 valence electrons. The van der Waals surface area contributed by atoms with Gasteiger partial charge in [0, 0.05) is 6.54 Å². The number of rotatable bonds is 5. The van der Waals surface area contributed by atoms with Crippen LogP contribution < -0.4 is 5.32 Å². The van der Waals surface area contributed by atoms with Gasteiger partial charge in [-0.3, -0.25) is 0 Å². The van der Waals surface area contributed by atoms with Crippen LogP contribution in [0.5, 0.6) is 0 Å². The van der Waals surface area contributed by atoms with Crippen molar-refractivity contribution in [2.75, 3.05) is 0 Å². The molecule has 0 aliphatic heterocycles. The van der Waals surface area contributed by atoms with E-state index < -0.39 is 0 Å². The first-order valence-corrected chi connectivity index (χ1v) is 7.10. The van der Waals surface area contributed by atoms with Crippen LogP contribution in [0.2, 0.25) is 0 Å². The van der Waals surface area contributed by atoms with Crippen LogP contribution in [0.25, 0.3) is 0 Å². The van der Waals surface area contributed by atoms with E-state index in [2.05, 4.69) is 37.2 Å². The van der Waals surface area contributed by atoms with Crippen LogP contribution >= 0.6 is 31.9 Å². The van der Waals surface area contributed by atoms with E-state index in [0.717, 1.165) is 27.9 Å². The van der Waals surface area contributed by atoms with Gasteiger partial charge in [0.15, 0.2) is 4.67 Å². The first kappa shape index (κ1) is 13.8. The van der Waals surface area contributed by atoms with Crippen LogP contribution in [0.15, 0.2) is 43.9 Å². The van der Waals surface area contributed by atoms with Gasteiger partial charge < -0.3 is 14.8 Å². The van der Waals surface area contributed by atoms with Gasteiger partial charge in [-0.15, -0.1) is 0 Å². The molecular formula is C13H13Br2NO2. The molecule has 0 unspecified atom stereocenters. The number of nitrogens with one attached hydrogen (secondary N) is 1. The third-order valence-electron chi connectivity index (χ3n) is 2.50. The Kier molecular flexibility index (Phi) is 5.00. The van der Waals surface area contributed by atoms with Crippen molar-refractivity contribution >= 4 is 31.9 Å². The molecule has 0 bridgehead atoms. The second-order valence-electron chi connectivity index (χ2n) is 3.92. The van der Waals surface area contributed by atoms with E-state index >= 15 is 0 Å². The summed E-state index contributed by atoms with van der Waals surface area (Å²) >= 11 is 6.68. The normalized spacial score (nSPS) is 10.8. The average molecular weight is 375 g/mol. The number of aliphatic hydroxyl groups excluding tert-OH is 1. The van der Waals surface area contributed by atoms with E-state index in [0.29, 0.717) is 11.2 Å². The molecule has 0 saturated heterocycles. The Hall–Kier alpha value is -0.620. The van der Waals surface area contributed by atoms with Crippen molar-refractivity contribution in [2.24, 2.45) is 0 Å². The van der Waals surface area contributed by atoms with Gasteiger partial charge in [0.05, 0.1) is 17.6 Å². The fourth-order valence-electron chi connectivity index (χ4n) is 1.65. The Morgan fingerprint density at radius 3 is 2.56 bits per heavy atom. The first-order valence-electron chi connectivity index (χ1n) is 5.52. The van der Waals surface area contributed by atoms with Crippen LogP contribution in [-0.4, -0.2) is 5.11 Å². The molecule has 2 aromatic rings. The van der Waals surface area contributed by atoms with E-state index in [1.165, 1.54) is 0 Å². The van der Waals surface area contributed by atoms with E-state index in [1.807, 2.05) is 30.3 Å². The maximum Gasteiger partial charge on any atom is 0.183 e. The predicted molar refractivity (Wildman–Crippen MR) is 77.0 cm³/mol. The standard InChI is InChI=1S/C13H13Br2NO2/c14-12-5-11(18-13(12)15)7-16-6-9-2-1-3-10(4-9)8-17/h1-5,16-17H,6-8H2. The van der Waals surface area contributed by atoms with Crippen molar-refractivity contribution < 1.29 is 9.52 Å². The molecule has 0 saturated carbocycles. The molecule has 0 aliphatic carbocycles. The van der Waals surface area contributed by atoms with Gasteiger partial charge in [-0.25, -0.2) is 0 Å². The minimum Gasteiger partial charge on any atom is -0.452 e. The Labute approximate surface area is 122 Å². The Morgan fingerprint density at radius 2 is 1.89 bits per heavy atom. The summed E-state index contributed by atoms with van der Waals surface area (Å²) in [7, 11) is 0. The molecule has 18 heavy (non-hydrogen) atoms. The summed E-state index contributed by atoms with van der Waals surface area (Å²) in [5, 5.41) is 12.3. The number of benzene rings is 1. The SMILES string of the molecule is OCc1cccc(CNCc2cc(Br)c(Br)o2)c1. The predicted octanol–water partition coefficient (Wildman–Crippen LogP) is 3.59. The number of aliphatic hydroxyl groups is 1.